The monoisotopic (exact) mass is 370 g/mol. The standard InChI is InChI=1S/C19H22N4O2S/c1-11(2)18-21-16-17(26-18)13(4)22-23(19(16)25)10-15(24)20-9-14-7-5-12(3)6-8-14/h5-8,11H,9-10H2,1-4H3,(H,20,24). The Morgan fingerprint density at radius 1 is 1.23 bits per heavy atom. The number of nitrogens with one attached hydrogen (secondary N) is 1. The van der Waals surface area contributed by atoms with E-state index in [1.54, 1.807) is 0 Å². The van der Waals surface area contributed by atoms with Crippen molar-refractivity contribution in [3.8, 4) is 0 Å². The maximum atomic E-state index is 12.6. The van der Waals surface area contributed by atoms with E-state index in [2.05, 4.69) is 15.4 Å². The summed E-state index contributed by atoms with van der Waals surface area (Å²) in [5.41, 5.74) is 2.98. The van der Waals surface area contributed by atoms with Crippen molar-refractivity contribution < 1.29 is 4.79 Å². The van der Waals surface area contributed by atoms with Gasteiger partial charge in [-0.2, -0.15) is 5.10 Å². The highest BCUT2D eigenvalue weighted by Gasteiger charge is 2.16. The van der Waals surface area contributed by atoms with Crippen LogP contribution in [0, 0.1) is 13.8 Å². The highest BCUT2D eigenvalue weighted by Crippen LogP contribution is 2.26. The van der Waals surface area contributed by atoms with Gasteiger partial charge in [-0.1, -0.05) is 43.7 Å². The van der Waals surface area contributed by atoms with E-state index in [1.807, 2.05) is 52.0 Å². The predicted molar refractivity (Wildman–Crippen MR) is 104 cm³/mol. The predicted octanol–water partition coefficient (Wildman–Crippen LogP) is 2.91. The summed E-state index contributed by atoms with van der Waals surface area (Å²) in [7, 11) is 0. The molecule has 136 valence electrons. The molecule has 3 aromatic rings. The number of amides is 1. The number of aryl methyl sites for hydroxylation is 2. The average molecular weight is 370 g/mol. The molecule has 0 saturated carbocycles. The molecule has 2 aromatic heterocycles. The molecule has 0 bridgehead atoms. The van der Waals surface area contributed by atoms with Crippen molar-refractivity contribution in [2.75, 3.05) is 0 Å². The lowest BCUT2D eigenvalue weighted by Gasteiger charge is -2.08. The maximum absolute atomic E-state index is 12.6. The minimum Gasteiger partial charge on any atom is -0.350 e. The Balaban J connectivity index is 1.77. The lowest BCUT2D eigenvalue weighted by atomic mass is 10.1. The third kappa shape index (κ3) is 3.83. The SMILES string of the molecule is Cc1ccc(CNC(=O)Cn2nc(C)c3sc(C(C)C)nc3c2=O)cc1. The van der Waals surface area contributed by atoms with Crippen molar-refractivity contribution in [3.63, 3.8) is 0 Å². The number of aromatic nitrogens is 3. The van der Waals surface area contributed by atoms with Gasteiger partial charge in [-0.25, -0.2) is 9.67 Å². The Morgan fingerprint density at radius 3 is 2.58 bits per heavy atom. The van der Waals surface area contributed by atoms with Crippen LogP contribution in [0.15, 0.2) is 29.1 Å². The quantitative estimate of drug-likeness (QED) is 0.749. The Labute approximate surface area is 155 Å². The second-order valence-electron chi connectivity index (χ2n) is 6.70. The smallest absolute Gasteiger partial charge is 0.294 e. The second-order valence-corrected chi connectivity index (χ2v) is 7.73. The van der Waals surface area contributed by atoms with E-state index in [9.17, 15) is 9.59 Å². The minimum absolute atomic E-state index is 0.115. The van der Waals surface area contributed by atoms with Crippen molar-refractivity contribution in [2.24, 2.45) is 0 Å². The summed E-state index contributed by atoms with van der Waals surface area (Å²) in [6.45, 7) is 8.24. The fourth-order valence-electron chi connectivity index (χ4n) is 2.57. The first-order chi connectivity index (χ1) is 12.3. The summed E-state index contributed by atoms with van der Waals surface area (Å²) >= 11 is 1.49. The van der Waals surface area contributed by atoms with Crippen LogP contribution in [0.1, 0.15) is 41.6 Å². The van der Waals surface area contributed by atoms with Gasteiger partial charge in [0.25, 0.3) is 5.56 Å². The van der Waals surface area contributed by atoms with E-state index in [-0.39, 0.29) is 23.9 Å². The van der Waals surface area contributed by atoms with Gasteiger partial charge in [0.1, 0.15) is 6.54 Å². The van der Waals surface area contributed by atoms with Crippen LogP contribution in [0.3, 0.4) is 0 Å². The molecule has 1 N–H and O–H groups in total. The molecule has 0 saturated heterocycles. The first-order valence-corrected chi connectivity index (χ1v) is 9.37. The molecule has 1 aromatic carbocycles. The van der Waals surface area contributed by atoms with Crippen LogP contribution in [-0.2, 0) is 17.9 Å². The molecule has 2 heterocycles. The van der Waals surface area contributed by atoms with E-state index in [0.29, 0.717) is 12.1 Å². The van der Waals surface area contributed by atoms with Gasteiger partial charge in [0.15, 0.2) is 5.52 Å². The van der Waals surface area contributed by atoms with Gasteiger partial charge < -0.3 is 5.32 Å². The molecule has 1 amide bonds. The molecule has 0 atom stereocenters. The van der Waals surface area contributed by atoms with Crippen molar-refractivity contribution >= 4 is 27.5 Å². The highest BCUT2D eigenvalue weighted by molar-refractivity contribution is 7.18. The molecule has 3 rings (SSSR count). The Kier molecular flexibility index (Phi) is 5.18. The molecule has 0 spiro atoms. The Morgan fingerprint density at radius 2 is 1.92 bits per heavy atom. The van der Waals surface area contributed by atoms with Gasteiger partial charge >= 0.3 is 0 Å². The third-order valence-corrected chi connectivity index (χ3v) is 5.54. The summed E-state index contributed by atoms with van der Waals surface area (Å²) in [6, 6.07) is 7.94. The van der Waals surface area contributed by atoms with Gasteiger partial charge in [-0.05, 0) is 19.4 Å². The molecular weight excluding hydrogens is 348 g/mol. The third-order valence-electron chi connectivity index (χ3n) is 4.08. The fraction of sp³-hybridized carbons (Fsp3) is 0.368. The number of carbonyl (C=O) groups excluding carboxylic acids is 1. The first-order valence-electron chi connectivity index (χ1n) is 8.55. The molecule has 0 aliphatic heterocycles. The summed E-state index contributed by atoms with van der Waals surface area (Å²) in [6.07, 6.45) is 0. The largest absolute Gasteiger partial charge is 0.350 e. The summed E-state index contributed by atoms with van der Waals surface area (Å²) in [5.74, 6) is -0.00399. The number of hydrogen-bond donors (Lipinski definition) is 1. The molecule has 0 radical (unpaired) electrons. The average Bonchev–Trinajstić information content (AvgIpc) is 3.05. The molecule has 7 heteroatoms. The summed E-state index contributed by atoms with van der Waals surface area (Å²) in [4.78, 5) is 29.3. The van der Waals surface area contributed by atoms with Gasteiger partial charge in [0.05, 0.1) is 15.4 Å². The van der Waals surface area contributed by atoms with Crippen molar-refractivity contribution in [1.82, 2.24) is 20.1 Å². The van der Waals surface area contributed by atoms with Gasteiger partial charge in [-0.3, -0.25) is 9.59 Å². The minimum atomic E-state index is -0.320. The van der Waals surface area contributed by atoms with E-state index in [4.69, 9.17) is 0 Å². The van der Waals surface area contributed by atoms with E-state index < -0.39 is 0 Å². The topological polar surface area (TPSA) is 76.9 Å². The number of hydrogen-bond acceptors (Lipinski definition) is 5. The van der Waals surface area contributed by atoms with Crippen LogP contribution in [0.2, 0.25) is 0 Å². The number of carbonyl (C=O) groups is 1. The zero-order valence-corrected chi connectivity index (χ0v) is 16.2. The van der Waals surface area contributed by atoms with Crippen LogP contribution >= 0.6 is 11.3 Å². The van der Waals surface area contributed by atoms with Gasteiger partial charge in [-0.15, -0.1) is 11.3 Å². The fourth-order valence-corrected chi connectivity index (χ4v) is 3.57. The number of thiazole rings is 1. The zero-order chi connectivity index (χ0) is 18.8. The number of nitrogens with zero attached hydrogens (tertiary/aromatic N) is 3. The lowest BCUT2D eigenvalue weighted by Crippen LogP contribution is -2.33. The maximum Gasteiger partial charge on any atom is 0.294 e. The normalized spacial score (nSPS) is 11.3. The Bertz CT molecular complexity index is 1000. The van der Waals surface area contributed by atoms with Crippen LogP contribution < -0.4 is 10.9 Å². The molecule has 0 aliphatic rings. The molecule has 6 nitrogen and oxygen atoms in total. The van der Waals surface area contributed by atoms with Crippen molar-refractivity contribution in [2.45, 2.75) is 46.7 Å². The van der Waals surface area contributed by atoms with Crippen LogP contribution in [0.5, 0.6) is 0 Å². The molecular formula is C19H22N4O2S. The van der Waals surface area contributed by atoms with Gasteiger partial charge in [0, 0.05) is 12.5 Å². The van der Waals surface area contributed by atoms with E-state index >= 15 is 0 Å². The van der Waals surface area contributed by atoms with Crippen LogP contribution in [0.4, 0.5) is 0 Å². The van der Waals surface area contributed by atoms with Crippen LogP contribution in [-0.4, -0.2) is 20.7 Å². The molecule has 26 heavy (non-hydrogen) atoms. The summed E-state index contributed by atoms with van der Waals surface area (Å²) in [5, 5.41) is 8.03. The highest BCUT2D eigenvalue weighted by atomic mass is 32.1. The molecule has 0 unspecified atom stereocenters. The van der Waals surface area contributed by atoms with Gasteiger partial charge in [0.2, 0.25) is 5.91 Å². The number of benzene rings is 1. The first kappa shape index (κ1) is 18.3. The van der Waals surface area contributed by atoms with Crippen molar-refractivity contribution in [3.05, 3.63) is 56.4 Å². The Hall–Kier alpha value is -2.54. The second kappa shape index (κ2) is 7.37. The van der Waals surface area contributed by atoms with Crippen LogP contribution in [0.25, 0.3) is 10.2 Å². The van der Waals surface area contributed by atoms with E-state index in [0.717, 1.165) is 21.0 Å². The summed E-state index contributed by atoms with van der Waals surface area (Å²) < 4.78 is 2.00. The zero-order valence-electron chi connectivity index (χ0n) is 15.4. The van der Waals surface area contributed by atoms with Crippen molar-refractivity contribution in [1.29, 1.82) is 0 Å². The number of rotatable bonds is 5. The number of fused-ring (bicyclic) bond motifs is 1. The lowest BCUT2D eigenvalue weighted by molar-refractivity contribution is -0.122. The van der Waals surface area contributed by atoms with E-state index in [1.165, 1.54) is 21.6 Å². The molecule has 0 aliphatic carbocycles. The molecule has 0 fully saturated rings.